The van der Waals surface area contributed by atoms with Gasteiger partial charge in [0.05, 0.1) is 11.6 Å². The quantitative estimate of drug-likeness (QED) is 0.868. The number of halogens is 1. The Kier molecular flexibility index (Phi) is 4.63. The van der Waals surface area contributed by atoms with Crippen LogP contribution in [0.3, 0.4) is 0 Å². The smallest absolute Gasteiger partial charge is 0.250 e. The summed E-state index contributed by atoms with van der Waals surface area (Å²) in [5.74, 6) is 0.381. The van der Waals surface area contributed by atoms with E-state index in [1.807, 2.05) is 6.92 Å². The maximum absolute atomic E-state index is 13.6. The molecule has 1 aromatic carbocycles. The average molecular weight is 263 g/mol. The molecular formula is C14H18FN3O. The minimum atomic E-state index is -0.354. The standard InChI is InChI=1S/C14H18FN3O/c1-3-9-16-12(4-2)14-18-17-13(19-14)10-7-5-6-8-11(10)15/h5-8,12,16H,3-4,9H2,1-2H3. The molecule has 1 aromatic heterocycles. The van der Waals surface area contributed by atoms with Gasteiger partial charge in [0.25, 0.3) is 5.89 Å². The maximum Gasteiger partial charge on any atom is 0.250 e. The molecule has 0 aliphatic rings. The summed E-state index contributed by atoms with van der Waals surface area (Å²) < 4.78 is 19.2. The van der Waals surface area contributed by atoms with Crippen molar-refractivity contribution in [3.05, 3.63) is 36.0 Å². The fraction of sp³-hybridized carbons (Fsp3) is 0.429. The lowest BCUT2D eigenvalue weighted by Crippen LogP contribution is -2.21. The summed E-state index contributed by atoms with van der Waals surface area (Å²) in [4.78, 5) is 0. The maximum atomic E-state index is 13.6. The molecule has 0 fully saturated rings. The van der Waals surface area contributed by atoms with Gasteiger partial charge in [0.15, 0.2) is 0 Å². The number of hydrogen-bond donors (Lipinski definition) is 1. The van der Waals surface area contributed by atoms with Crippen LogP contribution in [0.4, 0.5) is 4.39 Å². The molecule has 0 spiro atoms. The minimum Gasteiger partial charge on any atom is -0.419 e. The number of nitrogens with one attached hydrogen (secondary N) is 1. The van der Waals surface area contributed by atoms with Crippen LogP contribution in [-0.2, 0) is 0 Å². The van der Waals surface area contributed by atoms with E-state index in [0.717, 1.165) is 19.4 Å². The molecule has 0 saturated carbocycles. The summed E-state index contributed by atoms with van der Waals surface area (Å²) in [7, 11) is 0. The summed E-state index contributed by atoms with van der Waals surface area (Å²) in [5, 5.41) is 11.3. The molecule has 0 bridgehead atoms. The zero-order valence-corrected chi connectivity index (χ0v) is 11.2. The van der Waals surface area contributed by atoms with E-state index >= 15 is 0 Å². The van der Waals surface area contributed by atoms with E-state index in [2.05, 4.69) is 22.4 Å². The Hall–Kier alpha value is -1.75. The third-order valence-electron chi connectivity index (χ3n) is 2.89. The molecule has 0 aliphatic carbocycles. The second kappa shape index (κ2) is 6.43. The average Bonchev–Trinajstić information content (AvgIpc) is 2.90. The number of rotatable bonds is 6. The predicted octanol–water partition coefficient (Wildman–Crippen LogP) is 3.33. The van der Waals surface area contributed by atoms with Gasteiger partial charge < -0.3 is 9.73 Å². The Morgan fingerprint density at radius 2 is 2.05 bits per heavy atom. The molecule has 0 saturated heterocycles. The Morgan fingerprint density at radius 3 is 2.74 bits per heavy atom. The largest absolute Gasteiger partial charge is 0.419 e. The van der Waals surface area contributed by atoms with Crippen LogP contribution in [0.15, 0.2) is 28.7 Å². The zero-order chi connectivity index (χ0) is 13.7. The Bertz CT molecular complexity index is 527. The third-order valence-corrected chi connectivity index (χ3v) is 2.89. The molecule has 102 valence electrons. The highest BCUT2D eigenvalue weighted by Gasteiger charge is 2.18. The van der Waals surface area contributed by atoms with E-state index in [-0.39, 0.29) is 17.7 Å². The molecule has 0 aliphatic heterocycles. The summed E-state index contributed by atoms with van der Waals surface area (Å²) in [6, 6.07) is 6.41. The van der Waals surface area contributed by atoms with Crippen LogP contribution < -0.4 is 5.32 Å². The van der Waals surface area contributed by atoms with Gasteiger partial charge in [-0.3, -0.25) is 0 Å². The molecule has 19 heavy (non-hydrogen) atoms. The number of nitrogens with zero attached hydrogens (tertiary/aromatic N) is 2. The van der Waals surface area contributed by atoms with E-state index in [4.69, 9.17) is 4.42 Å². The highest BCUT2D eigenvalue weighted by molar-refractivity contribution is 5.53. The lowest BCUT2D eigenvalue weighted by molar-refractivity contribution is 0.395. The van der Waals surface area contributed by atoms with Crippen molar-refractivity contribution in [3.63, 3.8) is 0 Å². The van der Waals surface area contributed by atoms with Gasteiger partial charge in [0.1, 0.15) is 5.82 Å². The van der Waals surface area contributed by atoms with Crippen molar-refractivity contribution in [2.45, 2.75) is 32.7 Å². The van der Waals surface area contributed by atoms with Crippen molar-refractivity contribution in [1.29, 1.82) is 0 Å². The Morgan fingerprint density at radius 1 is 1.26 bits per heavy atom. The second-order valence-electron chi connectivity index (χ2n) is 4.34. The lowest BCUT2D eigenvalue weighted by atomic mass is 10.2. The molecule has 1 N–H and O–H groups in total. The van der Waals surface area contributed by atoms with E-state index in [9.17, 15) is 4.39 Å². The highest BCUT2D eigenvalue weighted by atomic mass is 19.1. The van der Waals surface area contributed by atoms with Crippen molar-refractivity contribution in [1.82, 2.24) is 15.5 Å². The molecule has 0 radical (unpaired) electrons. The van der Waals surface area contributed by atoms with Crippen molar-refractivity contribution in [3.8, 4) is 11.5 Å². The van der Waals surface area contributed by atoms with Crippen LogP contribution in [0.5, 0.6) is 0 Å². The van der Waals surface area contributed by atoms with Crippen molar-refractivity contribution in [2.75, 3.05) is 6.54 Å². The molecular weight excluding hydrogens is 245 g/mol. The molecule has 5 heteroatoms. The molecule has 2 rings (SSSR count). The lowest BCUT2D eigenvalue weighted by Gasteiger charge is -2.11. The van der Waals surface area contributed by atoms with Gasteiger partial charge in [0, 0.05) is 0 Å². The zero-order valence-electron chi connectivity index (χ0n) is 11.2. The first-order chi connectivity index (χ1) is 9.26. The monoisotopic (exact) mass is 263 g/mol. The summed E-state index contributed by atoms with van der Waals surface area (Å²) >= 11 is 0. The topological polar surface area (TPSA) is 51.0 Å². The first kappa shape index (κ1) is 13.7. The predicted molar refractivity (Wildman–Crippen MR) is 71.0 cm³/mol. The first-order valence-corrected chi connectivity index (χ1v) is 6.58. The van der Waals surface area contributed by atoms with E-state index < -0.39 is 0 Å². The molecule has 2 aromatic rings. The van der Waals surface area contributed by atoms with E-state index in [1.165, 1.54) is 6.07 Å². The van der Waals surface area contributed by atoms with Crippen LogP contribution in [0.1, 0.15) is 38.6 Å². The van der Waals surface area contributed by atoms with Crippen LogP contribution in [0.2, 0.25) is 0 Å². The van der Waals surface area contributed by atoms with E-state index in [1.54, 1.807) is 18.2 Å². The normalized spacial score (nSPS) is 12.6. The van der Waals surface area contributed by atoms with Crippen LogP contribution in [0.25, 0.3) is 11.5 Å². The Balaban J connectivity index is 2.21. The fourth-order valence-corrected chi connectivity index (χ4v) is 1.84. The van der Waals surface area contributed by atoms with Crippen molar-refractivity contribution < 1.29 is 8.81 Å². The summed E-state index contributed by atoms with van der Waals surface area (Å²) in [5.41, 5.74) is 0.339. The molecule has 1 atom stereocenters. The van der Waals surface area contributed by atoms with Crippen molar-refractivity contribution >= 4 is 0 Å². The fourth-order valence-electron chi connectivity index (χ4n) is 1.84. The van der Waals surface area contributed by atoms with Crippen molar-refractivity contribution in [2.24, 2.45) is 0 Å². The molecule has 1 unspecified atom stereocenters. The number of hydrogen-bond acceptors (Lipinski definition) is 4. The van der Waals surface area contributed by atoms with Gasteiger partial charge in [0.2, 0.25) is 5.89 Å². The molecule has 1 heterocycles. The summed E-state index contributed by atoms with van der Waals surface area (Å²) in [6.07, 6.45) is 1.88. The van der Waals surface area contributed by atoms with Gasteiger partial charge in [-0.05, 0) is 31.5 Å². The number of benzene rings is 1. The van der Waals surface area contributed by atoms with Crippen LogP contribution >= 0.6 is 0 Å². The summed E-state index contributed by atoms with van der Waals surface area (Å²) in [6.45, 7) is 5.02. The van der Waals surface area contributed by atoms with Gasteiger partial charge in [-0.1, -0.05) is 26.0 Å². The van der Waals surface area contributed by atoms with Gasteiger partial charge in [-0.15, -0.1) is 10.2 Å². The van der Waals surface area contributed by atoms with Crippen LogP contribution in [0, 0.1) is 5.82 Å². The van der Waals surface area contributed by atoms with Gasteiger partial charge >= 0.3 is 0 Å². The molecule has 0 amide bonds. The highest BCUT2D eigenvalue weighted by Crippen LogP contribution is 2.24. The second-order valence-corrected chi connectivity index (χ2v) is 4.34. The van der Waals surface area contributed by atoms with E-state index in [0.29, 0.717) is 11.5 Å². The molecule has 4 nitrogen and oxygen atoms in total. The van der Waals surface area contributed by atoms with Crippen LogP contribution in [-0.4, -0.2) is 16.7 Å². The van der Waals surface area contributed by atoms with Gasteiger partial charge in [-0.25, -0.2) is 4.39 Å². The van der Waals surface area contributed by atoms with Gasteiger partial charge in [-0.2, -0.15) is 0 Å². The number of aromatic nitrogens is 2. The minimum absolute atomic E-state index is 0.0213. The SMILES string of the molecule is CCCNC(CC)c1nnc(-c2ccccc2F)o1. The third kappa shape index (κ3) is 3.17. The first-order valence-electron chi connectivity index (χ1n) is 6.58. The Labute approximate surface area is 112 Å².